The first-order chi connectivity index (χ1) is 8.55. The summed E-state index contributed by atoms with van der Waals surface area (Å²) in [6.07, 6.45) is 4.67. The highest BCUT2D eigenvalue weighted by atomic mass is 35.7. The maximum Gasteiger partial charge on any atom is 0.296 e. The van der Waals surface area contributed by atoms with Crippen LogP contribution in [0.5, 0.6) is 0 Å². The highest BCUT2D eigenvalue weighted by Crippen LogP contribution is 2.38. The van der Waals surface area contributed by atoms with Gasteiger partial charge in [-0.05, 0) is 25.7 Å². The van der Waals surface area contributed by atoms with Crippen molar-refractivity contribution in [2.75, 3.05) is 6.61 Å². The summed E-state index contributed by atoms with van der Waals surface area (Å²) in [4.78, 5) is 0. The number of halogens is 1. The molecule has 18 heavy (non-hydrogen) atoms. The van der Waals surface area contributed by atoms with Gasteiger partial charge in [0.25, 0.3) is 14.2 Å². The predicted octanol–water partition coefficient (Wildman–Crippen LogP) is 1.26. The van der Waals surface area contributed by atoms with Crippen LogP contribution >= 0.6 is 10.7 Å². The van der Waals surface area contributed by atoms with Crippen molar-refractivity contribution in [2.45, 2.75) is 49.4 Å². The molecule has 0 aromatic carbocycles. The first-order valence-corrected chi connectivity index (χ1v) is 8.36. The Kier molecular flexibility index (Phi) is 3.07. The van der Waals surface area contributed by atoms with Crippen molar-refractivity contribution in [3.63, 3.8) is 0 Å². The zero-order valence-corrected chi connectivity index (χ0v) is 11.3. The Bertz CT molecular complexity index is 547. The normalized spacial score (nSPS) is 24.6. The summed E-state index contributed by atoms with van der Waals surface area (Å²) in [6, 6.07) is 0.180. The summed E-state index contributed by atoms with van der Waals surface area (Å²) < 4.78 is 30.1. The van der Waals surface area contributed by atoms with Crippen LogP contribution in [0, 0.1) is 0 Å². The van der Waals surface area contributed by atoms with E-state index < -0.39 is 9.05 Å². The molecule has 2 heterocycles. The van der Waals surface area contributed by atoms with Gasteiger partial charge in [0.05, 0.1) is 6.10 Å². The molecule has 100 valence electrons. The van der Waals surface area contributed by atoms with Crippen molar-refractivity contribution in [1.82, 2.24) is 14.8 Å². The quantitative estimate of drug-likeness (QED) is 0.781. The lowest BCUT2D eigenvalue weighted by Crippen LogP contribution is -2.15. The van der Waals surface area contributed by atoms with Gasteiger partial charge in [-0.2, -0.15) is 0 Å². The fraction of sp³-hybridized carbons (Fsp3) is 0.800. The lowest BCUT2D eigenvalue weighted by molar-refractivity contribution is 0.109. The molecule has 1 aromatic heterocycles. The highest BCUT2D eigenvalue weighted by molar-refractivity contribution is 8.13. The largest absolute Gasteiger partial charge is 0.378 e. The minimum Gasteiger partial charge on any atom is -0.378 e. The van der Waals surface area contributed by atoms with Gasteiger partial charge in [0.15, 0.2) is 0 Å². The van der Waals surface area contributed by atoms with Crippen LogP contribution in [0.2, 0.25) is 0 Å². The Morgan fingerprint density at radius 3 is 2.67 bits per heavy atom. The van der Waals surface area contributed by atoms with Crippen molar-refractivity contribution >= 4 is 19.7 Å². The smallest absolute Gasteiger partial charge is 0.296 e. The third kappa shape index (κ3) is 2.39. The molecule has 1 atom stereocenters. The van der Waals surface area contributed by atoms with Gasteiger partial charge in [0.1, 0.15) is 5.82 Å². The lowest BCUT2D eigenvalue weighted by Gasteiger charge is -2.10. The lowest BCUT2D eigenvalue weighted by atomic mass is 10.2. The van der Waals surface area contributed by atoms with Crippen LogP contribution < -0.4 is 0 Å². The zero-order chi connectivity index (χ0) is 12.8. The third-order valence-electron chi connectivity index (χ3n) is 3.30. The fourth-order valence-electron chi connectivity index (χ4n) is 2.32. The molecular weight excluding hydrogens is 278 g/mol. The van der Waals surface area contributed by atoms with Crippen LogP contribution in [-0.2, 0) is 20.2 Å². The van der Waals surface area contributed by atoms with E-state index in [9.17, 15) is 8.42 Å². The molecule has 0 N–H and O–H groups in total. The van der Waals surface area contributed by atoms with E-state index in [4.69, 9.17) is 15.4 Å². The van der Waals surface area contributed by atoms with Crippen molar-refractivity contribution in [2.24, 2.45) is 0 Å². The monoisotopic (exact) mass is 291 g/mol. The van der Waals surface area contributed by atoms with Crippen LogP contribution in [-0.4, -0.2) is 35.9 Å². The molecule has 0 bridgehead atoms. The molecule has 0 radical (unpaired) electrons. The maximum atomic E-state index is 11.4. The van der Waals surface area contributed by atoms with Crippen molar-refractivity contribution in [3.8, 4) is 0 Å². The van der Waals surface area contributed by atoms with Gasteiger partial charge in [-0.15, -0.1) is 10.2 Å². The van der Waals surface area contributed by atoms with Gasteiger partial charge >= 0.3 is 0 Å². The predicted molar refractivity (Wildman–Crippen MR) is 64.0 cm³/mol. The fourth-order valence-corrected chi connectivity index (χ4v) is 3.26. The van der Waals surface area contributed by atoms with Gasteiger partial charge in [0.2, 0.25) is 0 Å². The minimum atomic E-state index is -3.83. The number of aromatic nitrogens is 3. The van der Waals surface area contributed by atoms with Crippen LogP contribution in [0.3, 0.4) is 0 Å². The molecule has 6 nitrogen and oxygen atoms in total. The molecule has 1 aliphatic heterocycles. The van der Waals surface area contributed by atoms with E-state index in [-0.39, 0.29) is 17.3 Å². The maximum absolute atomic E-state index is 11.4. The number of nitrogens with zero attached hydrogens (tertiary/aromatic N) is 3. The molecule has 2 fully saturated rings. The average molecular weight is 292 g/mol. The molecule has 8 heteroatoms. The van der Waals surface area contributed by atoms with Gasteiger partial charge in [0, 0.05) is 29.8 Å². The molecule has 0 amide bonds. The minimum absolute atomic E-state index is 0.123. The van der Waals surface area contributed by atoms with Crippen LogP contribution in [0.4, 0.5) is 0 Å². The van der Waals surface area contributed by atoms with Crippen LogP contribution in [0.1, 0.15) is 37.5 Å². The van der Waals surface area contributed by atoms with Crippen LogP contribution in [0.15, 0.2) is 5.16 Å². The first kappa shape index (κ1) is 12.4. The van der Waals surface area contributed by atoms with Crippen molar-refractivity contribution in [1.29, 1.82) is 0 Å². The molecular formula is C10H14ClN3O3S. The summed E-state index contributed by atoms with van der Waals surface area (Å²) in [6.45, 7) is 0.767. The standard InChI is InChI=1S/C10H14ClN3O3S/c11-18(15,16)10-13-12-9(14(10)7-3-4-7)6-8-2-1-5-17-8/h7-8H,1-6H2. The summed E-state index contributed by atoms with van der Waals surface area (Å²) in [5.41, 5.74) is 0. The van der Waals surface area contributed by atoms with Gasteiger partial charge in [-0.3, -0.25) is 4.57 Å². The van der Waals surface area contributed by atoms with E-state index in [1.54, 1.807) is 4.57 Å². The summed E-state index contributed by atoms with van der Waals surface area (Å²) in [5.74, 6) is 0.670. The number of hydrogen-bond acceptors (Lipinski definition) is 5. The topological polar surface area (TPSA) is 74.1 Å². The van der Waals surface area contributed by atoms with Crippen molar-refractivity contribution < 1.29 is 13.2 Å². The molecule has 1 saturated heterocycles. The Morgan fingerprint density at radius 1 is 1.33 bits per heavy atom. The first-order valence-electron chi connectivity index (χ1n) is 6.06. The molecule has 0 spiro atoms. The summed E-state index contributed by atoms with van der Waals surface area (Å²) >= 11 is 0. The van der Waals surface area contributed by atoms with Gasteiger partial charge in [-0.1, -0.05) is 0 Å². The van der Waals surface area contributed by atoms with Crippen LogP contribution in [0.25, 0.3) is 0 Å². The molecule has 3 rings (SSSR count). The van der Waals surface area contributed by atoms with E-state index in [0.717, 1.165) is 32.3 Å². The SMILES string of the molecule is O=S(=O)(Cl)c1nnc(CC2CCCO2)n1C1CC1. The third-order valence-corrected chi connectivity index (χ3v) is 4.43. The second-order valence-electron chi connectivity index (χ2n) is 4.78. The average Bonchev–Trinajstić information content (AvgIpc) is 2.84. The zero-order valence-electron chi connectivity index (χ0n) is 9.75. The molecule has 1 unspecified atom stereocenters. The summed E-state index contributed by atoms with van der Waals surface area (Å²) in [7, 11) is 1.55. The van der Waals surface area contributed by atoms with E-state index in [0.29, 0.717) is 12.2 Å². The number of ether oxygens (including phenoxy) is 1. The molecule has 2 aliphatic rings. The van der Waals surface area contributed by atoms with Gasteiger partial charge in [-0.25, -0.2) is 8.42 Å². The molecule has 1 aromatic rings. The van der Waals surface area contributed by atoms with E-state index >= 15 is 0 Å². The van der Waals surface area contributed by atoms with E-state index in [2.05, 4.69) is 10.2 Å². The van der Waals surface area contributed by atoms with Gasteiger partial charge < -0.3 is 4.74 Å². The highest BCUT2D eigenvalue weighted by Gasteiger charge is 2.34. The van der Waals surface area contributed by atoms with E-state index in [1.807, 2.05) is 0 Å². The second-order valence-corrected chi connectivity index (χ2v) is 7.24. The Morgan fingerprint density at radius 2 is 2.11 bits per heavy atom. The number of hydrogen-bond donors (Lipinski definition) is 0. The Balaban J connectivity index is 1.91. The number of rotatable bonds is 4. The summed E-state index contributed by atoms with van der Waals surface area (Å²) in [5, 5.41) is 7.58. The molecule has 1 aliphatic carbocycles. The Labute approximate surface area is 110 Å². The second kappa shape index (κ2) is 4.47. The Hall–Kier alpha value is -0.660. The van der Waals surface area contributed by atoms with E-state index in [1.165, 1.54) is 0 Å². The molecule has 1 saturated carbocycles. The van der Waals surface area contributed by atoms with Crippen molar-refractivity contribution in [3.05, 3.63) is 5.82 Å².